The zero-order valence-corrected chi connectivity index (χ0v) is 35.3. The van der Waals surface area contributed by atoms with Crippen LogP contribution >= 0.6 is 11.3 Å². The Bertz CT molecular complexity index is 1520. The average Bonchev–Trinajstić information content (AvgIpc) is 3.90. The fraction of sp³-hybridized carbons (Fsp3) is 0.690. The van der Waals surface area contributed by atoms with Crippen molar-refractivity contribution in [2.75, 3.05) is 34.4 Å². The maximum atomic E-state index is 14.3. The molecule has 0 aliphatic carbocycles. The lowest BCUT2D eigenvalue weighted by Crippen LogP contribution is -2.63. The lowest BCUT2D eigenvalue weighted by Gasteiger charge is -2.41. The lowest BCUT2D eigenvalue weighted by molar-refractivity contribution is -0.148. The van der Waals surface area contributed by atoms with Gasteiger partial charge in [-0.3, -0.25) is 19.2 Å². The van der Waals surface area contributed by atoms with Crippen LogP contribution in [0.3, 0.4) is 0 Å². The van der Waals surface area contributed by atoms with Crippen LogP contribution in [0.15, 0.2) is 41.9 Å². The molecule has 0 saturated carbocycles. The number of likely N-dealkylation sites (tertiary alicyclic amines) is 1. The van der Waals surface area contributed by atoms with Crippen LogP contribution in [0.4, 0.5) is 0 Å². The average molecular weight is 783 g/mol. The minimum absolute atomic E-state index is 0.000717. The summed E-state index contributed by atoms with van der Waals surface area (Å²) in [5.74, 6) is -1.34. The van der Waals surface area contributed by atoms with Gasteiger partial charge < -0.3 is 35.2 Å². The first-order valence-electron chi connectivity index (χ1n) is 20.2. The second kappa shape index (κ2) is 20.7. The number of rotatable bonds is 19. The van der Waals surface area contributed by atoms with Gasteiger partial charge in [0.2, 0.25) is 23.6 Å². The van der Waals surface area contributed by atoms with E-state index < -0.39 is 35.7 Å². The molecule has 0 spiro atoms. The number of thiazole rings is 1. The molecule has 0 radical (unpaired) electrons. The molecule has 1 unspecified atom stereocenters. The van der Waals surface area contributed by atoms with Crippen LogP contribution in [0.2, 0.25) is 0 Å². The fourth-order valence-corrected chi connectivity index (χ4v) is 9.04. The Morgan fingerprint density at radius 3 is 2.36 bits per heavy atom. The van der Waals surface area contributed by atoms with Gasteiger partial charge in [-0.25, -0.2) is 4.98 Å². The molecule has 55 heavy (non-hydrogen) atoms. The summed E-state index contributed by atoms with van der Waals surface area (Å²) in [6.45, 7) is 13.1. The Morgan fingerprint density at radius 1 is 1.05 bits per heavy atom. The number of benzene rings is 1. The van der Waals surface area contributed by atoms with E-state index in [1.807, 2.05) is 68.3 Å². The van der Waals surface area contributed by atoms with E-state index in [0.29, 0.717) is 25.8 Å². The van der Waals surface area contributed by atoms with Gasteiger partial charge in [-0.15, -0.1) is 11.3 Å². The summed E-state index contributed by atoms with van der Waals surface area (Å²) in [5.41, 5.74) is 0.370. The van der Waals surface area contributed by atoms with Crippen LogP contribution in [0.5, 0.6) is 0 Å². The van der Waals surface area contributed by atoms with Crippen molar-refractivity contribution in [1.29, 1.82) is 0 Å². The van der Waals surface area contributed by atoms with E-state index in [1.165, 1.54) is 11.3 Å². The van der Waals surface area contributed by atoms with Gasteiger partial charge in [0.05, 0.1) is 48.2 Å². The number of ether oxygens (including phenoxy) is 2. The van der Waals surface area contributed by atoms with Crippen molar-refractivity contribution in [2.45, 2.75) is 135 Å². The highest BCUT2D eigenvalue weighted by Crippen LogP contribution is 2.31. The summed E-state index contributed by atoms with van der Waals surface area (Å²) in [6.07, 6.45) is 6.21. The SMILES string of the molecule is CC[C@H](C)C([C@@H](CC(=O)N1CCC[C@H]1[C@H](OC)[C@@H](C)C(=O)N[C@@H](Cc1ccccc1)c1nccs1)OC)N(C)C(=O)[C@@H](NC(=O)[C@@]1(C)CCCCN1)C(C)C. The van der Waals surface area contributed by atoms with E-state index in [4.69, 9.17) is 9.47 Å². The smallest absolute Gasteiger partial charge is 0.245 e. The number of methoxy groups -OCH3 is 2. The van der Waals surface area contributed by atoms with Gasteiger partial charge in [-0.1, -0.05) is 71.4 Å². The Hall–Kier alpha value is -3.39. The number of aromatic nitrogens is 1. The Morgan fingerprint density at radius 2 is 1.78 bits per heavy atom. The van der Waals surface area contributed by atoms with Crippen LogP contribution in [0, 0.1) is 17.8 Å². The first-order valence-corrected chi connectivity index (χ1v) is 21.1. The summed E-state index contributed by atoms with van der Waals surface area (Å²) in [5, 5.41) is 12.4. The number of nitrogens with one attached hydrogen (secondary N) is 3. The molecule has 3 N–H and O–H groups in total. The first kappa shape index (κ1) is 44.3. The van der Waals surface area contributed by atoms with Crippen molar-refractivity contribution in [3.8, 4) is 0 Å². The number of nitrogens with zero attached hydrogens (tertiary/aromatic N) is 3. The quantitative estimate of drug-likeness (QED) is 0.178. The van der Waals surface area contributed by atoms with Crippen molar-refractivity contribution in [3.63, 3.8) is 0 Å². The van der Waals surface area contributed by atoms with Crippen LogP contribution < -0.4 is 16.0 Å². The van der Waals surface area contributed by atoms with Crippen LogP contribution in [-0.4, -0.2) is 109 Å². The highest BCUT2D eigenvalue weighted by atomic mass is 32.1. The molecule has 2 aliphatic heterocycles. The van der Waals surface area contributed by atoms with Crippen LogP contribution in [0.1, 0.15) is 103 Å². The molecule has 2 fully saturated rings. The standard InChI is InChI=1S/C42H66N6O6S/c1-10-28(4)36(47(7)40(51)35(27(2)3)46-41(52)42(6)20-14-15-21-44-42)33(53-8)26-34(49)48-23-16-19-32(48)37(54-9)29(5)38(50)45-31(39-43-22-24-55-39)25-30-17-12-11-13-18-30/h11-13,17-18,22,24,27-29,31-33,35-37,44H,10,14-16,19-21,23,25-26H2,1-9H3,(H,45,50)(H,46,52)/t28-,29+,31-,32-,33+,35-,36?,37+,42+/m0/s1. The molecule has 1 aromatic heterocycles. The minimum Gasteiger partial charge on any atom is -0.379 e. The predicted octanol–water partition coefficient (Wildman–Crippen LogP) is 5.14. The molecule has 4 amide bonds. The number of hydrogen-bond acceptors (Lipinski definition) is 9. The lowest BCUT2D eigenvalue weighted by atomic mass is 9.88. The molecule has 1 aromatic carbocycles. The molecular weight excluding hydrogens is 717 g/mol. The zero-order valence-electron chi connectivity index (χ0n) is 34.5. The molecule has 12 nitrogen and oxygen atoms in total. The summed E-state index contributed by atoms with van der Waals surface area (Å²) in [4.78, 5) is 64.1. The van der Waals surface area contributed by atoms with Crippen LogP contribution in [0.25, 0.3) is 0 Å². The molecule has 9 atom stereocenters. The number of amides is 4. The third-order valence-electron chi connectivity index (χ3n) is 11.9. The maximum absolute atomic E-state index is 14.3. The highest BCUT2D eigenvalue weighted by Gasteiger charge is 2.44. The summed E-state index contributed by atoms with van der Waals surface area (Å²) in [7, 11) is 4.95. The van der Waals surface area contributed by atoms with Crippen molar-refractivity contribution >= 4 is 35.0 Å². The topological polar surface area (TPSA) is 142 Å². The number of likely N-dealkylation sites (N-methyl/N-ethyl adjacent to an activating group) is 1. The summed E-state index contributed by atoms with van der Waals surface area (Å²) < 4.78 is 12.1. The maximum Gasteiger partial charge on any atom is 0.245 e. The number of hydrogen-bond donors (Lipinski definition) is 3. The number of piperidine rings is 1. The number of carbonyl (C=O) groups excluding carboxylic acids is 4. The third kappa shape index (κ3) is 11.1. The van der Waals surface area contributed by atoms with Gasteiger partial charge in [0, 0.05) is 39.4 Å². The Labute approximate surface area is 332 Å². The molecule has 2 aliphatic rings. The van der Waals surface area contributed by atoms with Crippen molar-refractivity contribution < 1.29 is 28.7 Å². The molecule has 2 aromatic rings. The molecule has 4 rings (SSSR count). The van der Waals surface area contributed by atoms with Gasteiger partial charge in [-0.2, -0.15) is 0 Å². The zero-order chi connectivity index (χ0) is 40.3. The first-order chi connectivity index (χ1) is 26.3. The molecular formula is C42H66N6O6S. The van der Waals surface area contributed by atoms with Gasteiger partial charge in [0.15, 0.2) is 0 Å². The third-order valence-corrected chi connectivity index (χ3v) is 12.8. The monoisotopic (exact) mass is 782 g/mol. The molecule has 13 heteroatoms. The van der Waals surface area contributed by atoms with E-state index in [2.05, 4.69) is 34.8 Å². The predicted molar refractivity (Wildman–Crippen MR) is 216 cm³/mol. The van der Waals surface area contributed by atoms with E-state index in [9.17, 15) is 19.2 Å². The van der Waals surface area contributed by atoms with Gasteiger partial charge in [0.1, 0.15) is 11.0 Å². The van der Waals surface area contributed by atoms with E-state index in [1.54, 1.807) is 32.4 Å². The van der Waals surface area contributed by atoms with Crippen LogP contribution in [-0.2, 0) is 35.1 Å². The van der Waals surface area contributed by atoms with Crippen molar-refractivity contribution in [1.82, 2.24) is 30.7 Å². The highest BCUT2D eigenvalue weighted by molar-refractivity contribution is 7.09. The van der Waals surface area contributed by atoms with Gasteiger partial charge in [0.25, 0.3) is 0 Å². The summed E-state index contributed by atoms with van der Waals surface area (Å²) in [6, 6.07) is 8.25. The number of carbonyl (C=O) groups is 4. The van der Waals surface area contributed by atoms with Crippen molar-refractivity contribution in [2.24, 2.45) is 17.8 Å². The fourth-order valence-electron chi connectivity index (χ4n) is 8.35. The normalized spacial score (nSPS) is 22.6. The van der Waals surface area contributed by atoms with E-state index in [0.717, 1.165) is 42.8 Å². The van der Waals surface area contributed by atoms with Crippen molar-refractivity contribution in [3.05, 3.63) is 52.5 Å². The van der Waals surface area contributed by atoms with E-state index >= 15 is 0 Å². The largest absolute Gasteiger partial charge is 0.379 e. The molecule has 3 heterocycles. The Balaban J connectivity index is 1.47. The van der Waals surface area contributed by atoms with E-state index in [-0.39, 0.29) is 54.0 Å². The minimum atomic E-state index is -0.737. The molecule has 306 valence electrons. The van der Waals surface area contributed by atoms with Gasteiger partial charge in [-0.05, 0) is 69.4 Å². The summed E-state index contributed by atoms with van der Waals surface area (Å²) >= 11 is 1.51. The second-order valence-electron chi connectivity index (χ2n) is 16.1. The van der Waals surface area contributed by atoms with Gasteiger partial charge >= 0.3 is 0 Å². The Kier molecular flexibility index (Phi) is 16.7. The molecule has 0 bridgehead atoms. The second-order valence-corrected chi connectivity index (χ2v) is 17.0. The molecule has 2 saturated heterocycles.